The maximum absolute atomic E-state index is 12.2. The molecule has 0 aromatic heterocycles. The number of ether oxygens (including phenoxy) is 3. The number of rotatable bonds is 8. The average Bonchev–Trinajstić information content (AvgIpc) is 3.09. The molecule has 8 heteroatoms. The first-order valence-corrected chi connectivity index (χ1v) is 9.51. The number of cyclic esters (lactones) is 1. The molecule has 3 rings (SSSR count). The van der Waals surface area contributed by atoms with Crippen molar-refractivity contribution in [2.24, 2.45) is 4.99 Å². The van der Waals surface area contributed by atoms with Crippen LogP contribution in [-0.4, -0.2) is 30.5 Å². The molecular weight excluding hydrogens is 388 g/mol. The highest BCUT2D eigenvalue weighted by atomic mass is 16.6. The molecule has 1 aliphatic heterocycles. The Bertz CT molecular complexity index is 1040. The molecule has 2 aromatic rings. The largest absolute Gasteiger partial charge is 0.493 e. The lowest BCUT2D eigenvalue weighted by Crippen LogP contribution is -2.06. The molecule has 2 aromatic carbocycles. The van der Waals surface area contributed by atoms with Crippen LogP contribution in [-0.2, 0) is 9.53 Å². The molecule has 0 fully saturated rings. The second kappa shape index (κ2) is 9.21. The number of unbranched alkanes of at least 4 members (excludes halogenated alkanes) is 1. The molecule has 0 radical (unpaired) electrons. The summed E-state index contributed by atoms with van der Waals surface area (Å²) in [7, 11) is 1.54. The summed E-state index contributed by atoms with van der Waals surface area (Å²) in [6, 6.07) is 9.86. The van der Waals surface area contributed by atoms with Crippen LogP contribution < -0.4 is 9.47 Å². The molecule has 0 atom stereocenters. The highest BCUT2D eigenvalue weighted by Gasteiger charge is 2.26. The average molecular weight is 410 g/mol. The zero-order valence-corrected chi connectivity index (χ0v) is 17.0. The Labute approximate surface area is 173 Å². The minimum Gasteiger partial charge on any atom is -0.493 e. The number of aryl methyl sites for hydroxylation is 1. The van der Waals surface area contributed by atoms with Crippen LogP contribution in [0, 0.1) is 17.0 Å². The third kappa shape index (κ3) is 4.65. The minimum absolute atomic E-state index is 0.0286. The Morgan fingerprint density at radius 1 is 1.20 bits per heavy atom. The summed E-state index contributed by atoms with van der Waals surface area (Å²) >= 11 is 0. The Morgan fingerprint density at radius 2 is 2.00 bits per heavy atom. The van der Waals surface area contributed by atoms with Crippen LogP contribution in [0.4, 0.5) is 5.69 Å². The minimum atomic E-state index is -0.629. The molecule has 0 saturated heterocycles. The smallest absolute Gasteiger partial charge is 0.363 e. The SMILES string of the molecule is CCCCOc1ccc(/C=C2\N=C(c3ccc(C)c([N+](=O)[O-])c3)OC2=O)cc1OC. The van der Waals surface area contributed by atoms with Crippen molar-refractivity contribution in [1.29, 1.82) is 0 Å². The quantitative estimate of drug-likeness (QED) is 0.210. The Morgan fingerprint density at radius 3 is 2.70 bits per heavy atom. The van der Waals surface area contributed by atoms with Crippen LogP contribution in [0.1, 0.15) is 36.5 Å². The van der Waals surface area contributed by atoms with Crippen molar-refractivity contribution in [3.05, 3.63) is 68.9 Å². The van der Waals surface area contributed by atoms with E-state index in [2.05, 4.69) is 11.9 Å². The third-order valence-corrected chi connectivity index (χ3v) is 4.52. The zero-order chi connectivity index (χ0) is 21.7. The third-order valence-electron chi connectivity index (χ3n) is 4.52. The fraction of sp³-hybridized carbons (Fsp3) is 0.273. The van der Waals surface area contributed by atoms with E-state index >= 15 is 0 Å². The van der Waals surface area contributed by atoms with Crippen molar-refractivity contribution in [3.63, 3.8) is 0 Å². The monoisotopic (exact) mass is 410 g/mol. The fourth-order valence-electron chi connectivity index (χ4n) is 2.85. The molecule has 0 amide bonds. The van der Waals surface area contributed by atoms with Gasteiger partial charge in [-0.25, -0.2) is 9.79 Å². The molecule has 0 bridgehead atoms. The zero-order valence-electron chi connectivity index (χ0n) is 17.0. The number of benzene rings is 2. The van der Waals surface area contributed by atoms with E-state index in [9.17, 15) is 14.9 Å². The first-order valence-electron chi connectivity index (χ1n) is 9.51. The molecule has 0 unspecified atom stereocenters. The highest BCUT2D eigenvalue weighted by Crippen LogP contribution is 2.30. The van der Waals surface area contributed by atoms with E-state index in [1.54, 1.807) is 50.4 Å². The van der Waals surface area contributed by atoms with Crippen LogP contribution in [0.5, 0.6) is 11.5 Å². The van der Waals surface area contributed by atoms with Crippen molar-refractivity contribution in [2.45, 2.75) is 26.7 Å². The summed E-state index contributed by atoms with van der Waals surface area (Å²) in [6.45, 7) is 4.31. The van der Waals surface area contributed by atoms with Crippen molar-refractivity contribution in [2.75, 3.05) is 13.7 Å². The van der Waals surface area contributed by atoms with Gasteiger partial charge in [-0.05, 0) is 43.2 Å². The van der Waals surface area contributed by atoms with Crippen LogP contribution in [0.2, 0.25) is 0 Å². The molecule has 0 aliphatic carbocycles. The van der Waals surface area contributed by atoms with Gasteiger partial charge in [-0.15, -0.1) is 0 Å². The van der Waals surface area contributed by atoms with Gasteiger partial charge in [-0.1, -0.05) is 25.5 Å². The van der Waals surface area contributed by atoms with Gasteiger partial charge >= 0.3 is 5.97 Å². The van der Waals surface area contributed by atoms with Gasteiger partial charge in [0.15, 0.2) is 17.2 Å². The van der Waals surface area contributed by atoms with Crippen LogP contribution in [0.15, 0.2) is 47.1 Å². The summed E-state index contributed by atoms with van der Waals surface area (Å²) in [5, 5.41) is 11.2. The summed E-state index contributed by atoms with van der Waals surface area (Å²) in [4.78, 5) is 27.1. The standard InChI is InChI=1S/C22H22N2O6/c1-4-5-10-29-19-9-7-15(12-20(19)28-3)11-17-22(25)30-21(23-17)16-8-6-14(2)18(13-16)24(26)27/h6-9,11-13H,4-5,10H2,1-3H3/b17-11-. The molecule has 8 nitrogen and oxygen atoms in total. The second-order valence-electron chi connectivity index (χ2n) is 6.71. The predicted molar refractivity (Wildman–Crippen MR) is 112 cm³/mol. The summed E-state index contributed by atoms with van der Waals surface area (Å²) in [5.41, 5.74) is 1.59. The van der Waals surface area contributed by atoms with Gasteiger partial charge in [0.25, 0.3) is 5.69 Å². The number of esters is 1. The first-order chi connectivity index (χ1) is 14.4. The summed E-state index contributed by atoms with van der Waals surface area (Å²) in [6.07, 6.45) is 3.53. The topological polar surface area (TPSA) is 100 Å². The number of nitrogens with zero attached hydrogens (tertiary/aromatic N) is 2. The fourth-order valence-corrected chi connectivity index (χ4v) is 2.85. The van der Waals surface area contributed by atoms with E-state index in [0.717, 1.165) is 12.8 Å². The Balaban J connectivity index is 1.87. The normalized spacial score (nSPS) is 14.4. The first kappa shape index (κ1) is 21.0. The molecule has 30 heavy (non-hydrogen) atoms. The lowest BCUT2D eigenvalue weighted by molar-refractivity contribution is -0.385. The number of nitro benzene ring substituents is 1. The van der Waals surface area contributed by atoms with E-state index in [0.29, 0.717) is 34.8 Å². The lowest BCUT2D eigenvalue weighted by Gasteiger charge is -2.10. The van der Waals surface area contributed by atoms with E-state index in [1.165, 1.54) is 6.07 Å². The highest BCUT2D eigenvalue weighted by molar-refractivity contribution is 6.13. The molecule has 0 spiro atoms. The van der Waals surface area contributed by atoms with Gasteiger partial charge in [0.2, 0.25) is 5.90 Å². The van der Waals surface area contributed by atoms with Gasteiger partial charge in [0.05, 0.1) is 18.6 Å². The van der Waals surface area contributed by atoms with Gasteiger partial charge < -0.3 is 14.2 Å². The number of carbonyl (C=O) groups excluding carboxylic acids is 1. The van der Waals surface area contributed by atoms with Crippen molar-refractivity contribution < 1.29 is 23.9 Å². The van der Waals surface area contributed by atoms with Crippen LogP contribution in [0.3, 0.4) is 0 Å². The van der Waals surface area contributed by atoms with Crippen LogP contribution in [0.25, 0.3) is 6.08 Å². The molecule has 0 saturated carbocycles. The van der Waals surface area contributed by atoms with Gasteiger partial charge in [-0.3, -0.25) is 10.1 Å². The number of hydrogen-bond donors (Lipinski definition) is 0. The Kier molecular flexibility index (Phi) is 6.46. The number of hydrogen-bond acceptors (Lipinski definition) is 7. The Hall–Kier alpha value is -3.68. The summed E-state index contributed by atoms with van der Waals surface area (Å²) in [5.74, 6) is 0.569. The molecule has 1 heterocycles. The number of methoxy groups -OCH3 is 1. The van der Waals surface area contributed by atoms with E-state index < -0.39 is 10.9 Å². The lowest BCUT2D eigenvalue weighted by atomic mass is 10.1. The van der Waals surface area contributed by atoms with Crippen LogP contribution >= 0.6 is 0 Å². The second-order valence-corrected chi connectivity index (χ2v) is 6.71. The van der Waals surface area contributed by atoms with Gasteiger partial charge in [-0.2, -0.15) is 0 Å². The summed E-state index contributed by atoms with van der Waals surface area (Å²) < 4.78 is 16.3. The van der Waals surface area contributed by atoms with Gasteiger partial charge in [0, 0.05) is 17.2 Å². The van der Waals surface area contributed by atoms with Gasteiger partial charge in [0.1, 0.15) is 0 Å². The van der Waals surface area contributed by atoms with Crippen molar-refractivity contribution in [3.8, 4) is 11.5 Å². The van der Waals surface area contributed by atoms with E-state index in [4.69, 9.17) is 14.2 Å². The molecular formula is C22H22N2O6. The molecule has 0 N–H and O–H groups in total. The maximum atomic E-state index is 12.2. The molecule has 156 valence electrons. The van der Waals surface area contributed by atoms with E-state index in [1.807, 2.05) is 0 Å². The predicted octanol–water partition coefficient (Wildman–Crippen LogP) is 4.44. The molecule has 1 aliphatic rings. The number of aliphatic imine (C=N–C) groups is 1. The van der Waals surface area contributed by atoms with Crippen molar-refractivity contribution in [1.82, 2.24) is 0 Å². The maximum Gasteiger partial charge on any atom is 0.363 e. The van der Waals surface area contributed by atoms with E-state index in [-0.39, 0.29) is 17.3 Å². The number of carbonyl (C=O) groups is 1. The number of nitro groups is 1. The van der Waals surface area contributed by atoms with Crippen molar-refractivity contribution >= 4 is 23.6 Å².